The fourth-order valence-corrected chi connectivity index (χ4v) is 5.59. The highest BCUT2D eigenvalue weighted by Gasteiger charge is 2.52. The molecule has 0 aliphatic heterocycles. The van der Waals surface area contributed by atoms with E-state index in [0.717, 1.165) is 38.0 Å². The summed E-state index contributed by atoms with van der Waals surface area (Å²) in [5, 5.41) is 0. The number of ether oxygens (including phenoxy) is 2. The summed E-state index contributed by atoms with van der Waals surface area (Å²) in [5.41, 5.74) is 0.283. The molecular formula is C28H44O3. The zero-order valence-electron chi connectivity index (χ0n) is 20.1. The van der Waals surface area contributed by atoms with Crippen molar-refractivity contribution in [3.63, 3.8) is 0 Å². The first-order valence-corrected chi connectivity index (χ1v) is 13.1. The Bertz CT molecular complexity index is 639. The molecular weight excluding hydrogens is 384 g/mol. The molecule has 0 atom stereocenters. The second kappa shape index (κ2) is 11.9. The lowest BCUT2D eigenvalue weighted by atomic mass is 9.52. The summed E-state index contributed by atoms with van der Waals surface area (Å²) in [4.78, 5) is 13.1. The van der Waals surface area contributed by atoms with Gasteiger partial charge in [0, 0.05) is 0 Å². The predicted octanol–water partition coefficient (Wildman–Crippen LogP) is 8.25. The first kappa shape index (κ1) is 24.1. The van der Waals surface area contributed by atoms with E-state index in [9.17, 15) is 4.79 Å². The molecule has 3 fully saturated rings. The summed E-state index contributed by atoms with van der Waals surface area (Å²) in [6.07, 6.45) is 19.6. The molecule has 0 N–H and O–H groups in total. The van der Waals surface area contributed by atoms with Crippen LogP contribution in [-0.2, 0) is 4.79 Å². The number of unbranched alkanes of at least 4 members (excludes halogenated alkanes) is 7. The third-order valence-corrected chi connectivity index (χ3v) is 7.95. The minimum atomic E-state index is -0.237. The molecule has 0 saturated heterocycles. The van der Waals surface area contributed by atoms with Gasteiger partial charge in [-0.05, 0) is 81.0 Å². The number of carbonyl (C=O) groups excluding carboxylic acids is 1. The van der Waals surface area contributed by atoms with Crippen molar-refractivity contribution in [2.75, 3.05) is 6.61 Å². The highest BCUT2D eigenvalue weighted by atomic mass is 16.5. The summed E-state index contributed by atoms with van der Waals surface area (Å²) in [6.45, 7) is 5.27. The largest absolute Gasteiger partial charge is 0.494 e. The van der Waals surface area contributed by atoms with Gasteiger partial charge in [0.15, 0.2) is 0 Å². The number of carbonyl (C=O) groups is 1. The molecule has 3 saturated carbocycles. The van der Waals surface area contributed by atoms with Crippen LogP contribution in [0.15, 0.2) is 24.3 Å². The van der Waals surface area contributed by atoms with Crippen LogP contribution >= 0.6 is 0 Å². The normalized spacial score (nSPS) is 24.8. The predicted molar refractivity (Wildman–Crippen MR) is 128 cm³/mol. The average Bonchev–Trinajstić information content (AvgIpc) is 2.81. The van der Waals surface area contributed by atoms with Gasteiger partial charge in [-0.2, -0.15) is 0 Å². The van der Waals surface area contributed by atoms with E-state index in [1.807, 2.05) is 24.3 Å². The third kappa shape index (κ3) is 6.73. The van der Waals surface area contributed by atoms with Crippen molar-refractivity contribution in [3.8, 4) is 11.5 Å². The standard InChI is InChI=1S/C28H44O3/c1-3-5-7-8-9-11-23-30-24-12-14-25(15-13-24)31-26(29)28-20-17-27(18-21-28,19-22-28)16-10-6-4-2/h12-15H,3-11,16-23H2,1-2H3. The SMILES string of the molecule is CCCCCCCCOc1ccc(OC(=O)C23CCC(CCCCC)(CC2)CC3)cc1. The molecule has 0 radical (unpaired) electrons. The first-order valence-electron chi connectivity index (χ1n) is 13.1. The molecule has 31 heavy (non-hydrogen) atoms. The van der Waals surface area contributed by atoms with Crippen molar-refractivity contribution in [3.05, 3.63) is 24.3 Å². The number of hydrogen-bond donors (Lipinski definition) is 0. The summed E-state index contributed by atoms with van der Waals surface area (Å²) in [7, 11) is 0. The van der Waals surface area contributed by atoms with Crippen LogP contribution in [0.5, 0.6) is 11.5 Å². The lowest BCUT2D eigenvalue weighted by Crippen LogP contribution is -2.47. The smallest absolute Gasteiger partial charge is 0.317 e. The maximum Gasteiger partial charge on any atom is 0.317 e. The van der Waals surface area contributed by atoms with E-state index in [4.69, 9.17) is 9.47 Å². The Balaban J connectivity index is 1.40. The van der Waals surface area contributed by atoms with Crippen molar-refractivity contribution in [2.45, 2.75) is 117 Å². The Labute approximate surface area is 190 Å². The van der Waals surface area contributed by atoms with Crippen molar-refractivity contribution in [1.29, 1.82) is 0 Å². The highest BCUT2D eigenvalue weighted by Crippen LogP contribution is 2.59. The second-order valence-electron chi connectivity index (χ2n) is 10.2. The Hall–Kier alpha value is -1.51. The van der Waals surface area contributed by atoms with Crippen LogP contribution in [0.1, 0.15) is 117 Å². The molecule has 0 spiro atoms. The van der Waals surface area contributed by atoms with E-state index in [2.05, 4.69) is 13.8 Å². The molecule has 2 bridgehead atoms. The fourth-order valence-electron chi connectivity index (χ4n) is 5.59. The van der Waals surface area contributed by atoms with Gasteiger partial charge in [0.05, 0.1) is 12.0 Å². The van der Waals surface area contributed by atoms with Crippen LogP contribution in [0.3, 0.4) is 0 Å². The first-order chi connectivity index (χ1) is 15.1. The number of esters is 1. The molecule has 0 amide bonds. The molecule has 3 heteroatoms. The molecule has 1 aromatic carbocycles. The van der Waals surface area contributed by atoms with Gasteiger partial charge in [-0.15, -0.1) is 0 Å². The molecule has 3 aliphatic rings. The van der Waals surface area contributed by atoms with Crippen LogP contribution in [0.25, 0.3) is 0 Å². The Morgan fingerprint density at radius 1 is 0.742 bits per heavy atom. The Morgan fingerprint density at radius 3 is 1.94 bits per heavy atom. The van der Waals surface area contributed by atoms with E-state index in [0.29, 0.717) is 11.2 Å². The molecule has 4 rings (SSSR count). The van der Waals surface area contributed by atoms with Crippen molar-refractivity contribution in [1.82, 2.24) is 0 Å². The number of benzene rings is 1. The maximum atomic E-state index is 13.1. The lowest BCUT2D eigenvalue weighted by Gasteiger charge is -2.52. The zero-order valence-corrected chi connectivity index (χ0v) is 20.1. The fraction of sp³-hybridized carbons (Fsp3) is 0.750. The third-order valence-electron chi connectivity index (χ3n) is 7.95. The summed E-state index contributed by atoms with van der Waals surface area (Å²) in [6, 6.07) is 7.62. The van der Waals surface area contributed by atoms with Crippen molar-refractivity contribution in [2.24, 2.45) is 10.8 Å². The van der Waals surface area contributed by atoms with E-state index in [1.165, 1.54) is 77.0 Å². The van der Waals surface area contributed by atoms with Crippen LogP contribution in [0.2, 0.25) is 0 Å². The molecule has 3 nitrogen and oxygen atoms in total. The van der Waals surface area contributed by atoms with E-state index >= 15 is 0 Å². The van der Waals surface area contributed by atoms with Crippen molar-refractivity contribution >= 4 is 5.97 Å². The van der Waals surface area contributed by atoms with Crippen molar-refractivity contribution < 1.29 is 14.3 Å². The number of fused-ring (bicyclic) bond motifs is 3. The monoisotopic (exact) mass is 428 g/mol. The summed E-state index contributed by atoms with van der Waals surface area (Å²) >= 11 is 0. The second-order valence-corrected chi connectivity index (χ2v) is 10.2. The lowest BCUT2D eigenvalue weighted by molar-refractivity contribution is -0.156. The summed E-state index contributed by atoms with van der Waals surface area (Å²) in [5.74, 6) is 1.51. The van der Waals surface area contributed by atoms with E-state index in [-0.39, 0.29) is 11.4 Å². The number of rotatable bonds is 14. The molecule has 3 aliphatic carbocycles. The molecule has 0 aromatic heterocycles. The van der Waals surface area contributed by atoms with Gasteiger partial charge in [0.25, 0.3) is 0 Å². The highest BCUT2D eigenvalue weighted by molar-refractivity contribution is 5.79. The molecule has 1 aromatic rings. The van der Waals surface area contributed by atoms with Gasteiger partial charge >= 0.3 is 5.97 Å². The number of hydrogen-bond acceptors (Lipinski definition) is 3. The van der Waals surface area contributed by atoms with Gasteiger partial charge in [0.1, 0.15) is 11.5 Å². The van der Waals surface area contributed by atoms with Crippen LogP contribution in [-0.4, -0.2) is 12.6 Å². The van der Waals surface area contributed by atoms with Gasteiger partial charge in [-0.1, -0.05) is 65.2 Å². The van der Waals surface area contributed by atoms with E-state index in [1.54, 1.807) is 0 Å². The minimum Gasteiger partial charge on any atom is -0.494 e. The van der Waals surface area contributed by atoms with Crippen LogP contribution < -0.4 is 9.47 Å². The Kier molecular flexibility index (Phi) is 9.29. The Morgan fingerprint density at radius 2 is 1.29 bits per heavy atom. The van der Waals surface area contributed by atoms with Gasteiger partial charge in [-0.25, -0.2) is 0 Å². The van der Waals surface area contributed by atoms with Gasteiger partial charge in [0.2, 0.25) is 0 Å². The van der Waals surface area contributed by atoms with E-state index < -0.39 is 0 Å². The molecule has 0 unspecified atom stereocenters. The topological polar surface area (TPSA) is 35.5 Å². The average molecular weight is 429 g/mol. The maximum absolute atomic E-state index is 13.1. The molecule has 0 heterocycles. The van der Waals surface area contributed by atoms with Gasteiger partial charge < -0.3 is 9.47 Å². The van der Waals surface area contributed by atoms with Crippen LogP contribution in [0.4, 0.5) is 0 Å². The summed E-state index contributed by atoms with van der Waals surface area (Å²) < 4.78 is 11.7. The molecule has 174 valence electrons. The van der Waals surface area contributed by atoms with Crippen LogP contribution in [0, 0.1) is 10.8 Å². The zero-order chi connectivity index (χ0) is 22.0. The van der Waals surface area contributed by atoms with Gasteiger partial charge in [-0.3, -0.25) is 4.79 Å². The minimum absolute atomic E-state index is 0.00453. The quantitative estimate of drug-likeness (QED) is 0.170.